The molecular weight excluding hydrogens is 490 g/mol. The molecule has 4 N–H and O–H groups in total. The smallest absolute Gasteiger partial charge is 0.315 e. The molecule has 0 saturated carbocycles. The summed E-state index contributed by atoms with van der Waals surface area (Å²) >= 11 is 1.92. The minimum Gasteiger partial charge on any atom is -0.356 e. The van der Waals surface area contributed by atoms with Crippen LogP contribution >= 0.6 is 11.8 Å². The van der Waals surface area contributed by atoms with Crippen LogP contribution in [0.25, 0.3) is 0 Å². The lowest BCUT2D eigenvalue weighted by Gasteiger charge is -2.22. The Morgan fingerprint density at radius 3 is 2.59 bits per heavy atom. The molecule has 0 radical (unpaired) electrons. The van der Waals surface area contributed by atoms with Crippen LogP contribution < -0.4 is 21.3 Å². The Bertz CT molecular complexity index is 805. The fourth-order valence-electron chi connectivity index (χ4n) is 5.26. The van der Waals surface area contributed by atoms with Gasteiger partial charge in [0.1, 0.15) is 0 Å². The molecule has 9 nitrogen and oxygen atoms in total. The normalized spacial score (nSPS) is 24.2. The Hall–Kier alpha value is -2.07. The van der Waals surface area contributed by atoms with Crippen LogP contribution in [-0.2, 0) is 14.4 Å². The molecule has 0 aromatic rings. The van der Waals surface area contributed by atoms with Crippen LogP contribution in [0.5, 0.6) is 0 Å². The van der Waals surface area contributed by atoms with Crippen molar-refractivity contribution in [2.75, 3.05) is 31.9 Å². The van der Waals surface area contributed by atoms with Crippen molar-refractivity contribution in [2.24, 2.45) is 11.8 Å². The fraction of sp³-hybridized carbons (Fsp3) is 0.778. The molecule has 5 unspecified atom stereocenters. The van der Waals surface area contributed by atoms with Gasteiger partial charge in [-0.3, -0.25) is 19.3 Å². The van der Waals surface area contributed by atoms with Crippen LogP contribution in [0.4, 0.5) is 4.79 Å². The number of thioether (sulfide) groups is 1. The maximum atomic E-state index is 12.1. The third kappa shape index (κ3) is 9.63. The van der Waals surface area contributed by atoms with E-state index in [0.717, 1.165) is 76.8 Å². The van der Waals surface area contributed by atoms with Crippen LogP contribution in [0.3, 0.4) is 0 Å². The van der Waals surface area contributed by atoms with E-state index in [2.05, 4.69) is 35.1 Å². The minimum atomic E-state index is -0.197. The molecule has 3 heterocycles. The van der Waals surface area contributed by atoms with Crippen LogP contribution in [0, 0.1) is 11.8 Å². The van der Waals surface area contributed by atoms with E-state index in [1.54, 1.807) is 0 Å². The van der Waals surface area contributed by atoms with Gasteiger partial charge in [0.2, 0.25) is 5.91 Å². The number of nitrogens with one attached hydrogen (secondary N) is 4. The average molecular weight is 536 g/mol. The molecule has 3 aliphatic rings. The van der Waals surface area contributed by atoms with Gasteiger partial charge in [-0.2, -0.15) is 11.8 Å². The largest absolute Gasteiger partial charge is 0.356 e. The number of fused-ring (bicyclic) bond motifs is 1. The van der Waals surface area contributed by atoms with Crippen molar-refractivity contribution in [2.45, 2.75) is 89.0 Å². The lowest BCUT2D eigenvalue weighted by atomic mass is 9.94. The van der Waals surface area contributed by atoms with Crippen molar-refractivity contribution in [1.82, 2.24) is 26.2 Å². The highest BCUT2D eigenvalue weighted by atomic mass is 32.2. The van der Waals surface area contributed by atoms with Gasteiger partial charge in [-0.05, 0) is 63.5 Å². The Morgan fingerprint density at radius 1 is 1.08 bits per heavy atom. The van der Waals surface area contributed by atoms with Crippen LogP contribution in [-0.4, -0.2) is 77.9 Å². The number of nitrogens with zero attached hydrogens (tertiary/aromatic N) is 1. The van der Waals surface area contributed by atoms with E-state index >= 15 is 0 Å². The van der Waals surface area contributed by atoms with Crippen molar-refractivity contribution in [3.8, 4) is 0 Å². The first-order valence-electron chi connectivity index (χ1n) is 14.1. The zero-order chi connectivity index (χ0) is 26.6. The molecule has 208 valence electrons. The predicted molar refractivity (Wildman–Crippen MR) is 147 cm³/mol. The first kappa shape index (κ1) is 29.5. The van der Waals surface area contributed by atoms with E-state index < -0.39 is 0 Å². The molecule has 0 aromatic carbocycles. The summed E-state index contributed by atoms with van der Waals surface area (Å²) in [6.45, 7) is 7.44. The van der Waals surface area contributed by atoms with Crippen LogP contribution in [0.1, 0.15) is 71.6 Å². The van der Waals surface area contributed by atoms with Gasteiger partial charge in [-0.1, -0.05) is 26.7 Å². The molecule has 0 bridgehead atoms. The van der Waals surface area contributed by atoms with Crippen molar-refractivity contribution in [3.05, 3.63) is 12.2 Å². The third-order valence-electron chi connectivity index (χ3n) is 7.66. The fourth-order valence-corrected chi connectivity index (χ4v) is 6.80. The van der Waals surface area contributed by atoms with E-state index in [9.17, 15) is 19.2 Å². The Balaban J connectivity index is 1.13. The van der Waals surface area contributed by atoms with Crippen molar-refractivity contribution < 1.29 is 19.2 Å². The first-order valence-corrected chi connectivity index (χ1v) is 15.1. The standard InChI is InChI=1S/C27H45N5O4S/c1-3-20(11-10-19(2)17-32-24(34)12-13-25(32)35)16-28-14-6-7-15-29-23(33)9-5-4-8-22-26-21(18-37-22)30-27(36)31-26/h12-13,19-22,26,28H,3-11,14-18H2,1-2H3,(H,29,33)(H2,30,31,36). The Morgan fingerprint density at radius 2 is 1.84 bits per heavy atom. The second kappa shape index (κ2) is 15.4. The van der Waals surface area contributed by atoms with Crippen LogP contribution in [0.15, 0.2) is 12.2 Å². The van der Waals surface area contributed by atoms with Gasteiger partial charge in [0.15, 0.2) is 0 Å². The van der Waals surface area contributed by atoms with E-state index in [0.29, 0.717) is 30.1 Å². The molecule has 2 saturated heterocycles. The zero-order valence-corrected chi connectivity index (χ0v) is 23.2. The highest BCUT2D eigenvalue weighted by Gasteiger charge is 2.42. The number of carbonyl (C=O) groups is 4. The molecule has 10 heteroatoms. The summed E-state index contributed by atoms with van der Waals surface area (Å²) in [4.78, 5) is 48.3. The first-order chi connectivity index (χ1) is 17.9. The number of rotatable bonds is 18. The maximum Gasteiger partial charge on any atom is 0.315 e. The molecule has 0 aliphatic carbocycles. The topological polar surface area (TPSA) is 120 Å². The molecule has 3 aliphatic heterocycles. The summed E-state index contributed by atoms with van der Waals surface area (Å²) in [5, 5.41) is 13.0. The quantitative estimate of drug-likeness (QED) is 0.122. The number of amides is 5. The number of urea groups is 1. The average Bonchev–Trinajstić information content (AvgIpc) is 3.53. The highest BCUT2D eigenvalue weighted by molar-refractivity contribution is 8.00. The highest BCUT2D eigenvalue weighted by Crippen LogP contribution is 2.33. The monoisotopic (exact) mass is 535 g/mol. The molecule has 0 aromatic heterocycles. The van der Waals surface area contributed by atoms with Gasteiger partial charge in [-0.15, -0.1) is 0 Å². The van der Waals surface area contributed by atoms with Crippen molar-refractivity contribution >= 4 is 35.5 Å². The SMILES string of the molecule is CCC(CCC(C)CN1C(=O)C=CC1=O)CNCCCCNC(=O)CCCCC1SCC2NC(=O)NC21. The van der Waals surface area contributed by atoms with Gasteiger partial charge in [0.25, 0.3) is 11.8 Å². The van der Waals surface area contributed by atoms with Gasteiger partial charge in [0, 0.05) is 42.7 Å². The Labute approximate surface area is 225 Å². The van der Waals surface area contributed by atoms with Gasteiger partial charge >= 0.3 is 6.03 Å². The molecule has 2 fully saturated rings. The molecule has 37 heavy (non-hydrogen) atoms. The summed E-state index contributed by atoms with van der Waals surface area (Å²) in [7, 11) is 0. The van der Waals surface area contributed by atoms with E-state index in [1.165, 1.54) is 17.1 Å². The predicted octanol–water partition coefficient (Wildman–Crippen LogP) is 2.57. The molecular formula is C27H45N5O4S. The summed E-state index contributed by atoms with van der Waals surface area (Å²) in [5.74, 6) is 1.60. The van der Waals surface area contributed by atoms with Gasteiger partial charge in [-0.25, -0.2) is 4.79 Å². The molecule has 5 amide bonds. The van der Waals surface area contributed by atoms with Gasteiger partial charge < -0.3 is 21.3 Å². The number of carbonyl (C=O) groups excluding carboxylic acids is 4. The van der Waals surface area contributed by atoms with E-state index in [-0.39, 0.29) is 35.8 Å². The number of unbranched alkanes of at least 4 members (excludes halogenated alkanes) is 2. The lowest BCUT2D eigenvalue weighted by molar-refractivity contribution is -0.137. The number of hydrogen-bond donors (Lipinski definition) is 4. The summed E-state index contributed by atoms with van der Waals surface area (Å²) in [6.07, 6.45) is 11.4. The molecule has 5 atom stereocenters. The summed E-state index contributed by atoms with van der Waals surface area (Å²) < 4.78 is 0. The van der Waals surface area contributed by atoms with Crippen LogP contribution in [0.2, 0.25) is 0 Å². The second-order valence-corrected chi connectivity index (χ2v) is 12.0. The zero-order valence-electron chi connectivity index (χ0n) is 22.4. The summed E-state index contributed by atoms with van der Waals surface area (Å²) in [5.41, 5.74) is 0. The lowest BCUT2D eigenvalue weighted by Crippen LogP contribution is -2.36. The van der Waals surface area contributed by atoms with E-state index in [1.807, 2.05) is 11.8 Å². The molecule has 0 spiro atoms. The number of imide groups is 1. The van der Waals surface area contributed by atoms with Gasteiger partial charge in [0.05, 0.1) is 12.1 Å². The van der Waals surface area contributed by atoms with Crippen molar-refractivity contribution in [3.63, 3.8) is 0 Å². The van der Waals surface area contributed by atoms with E-state index in [4.69, 9.17) is 0 Å². The summed E-state index contributed by atoms with van der Waals surface area (Å²) in [6, 6.07) is 0.462. The molecule has 3 rings (SSSR count). The van der Waals surface area contributed by atoms with Crippen molar-refractivity contribution in [1.29, 1.82) is 0 Å². The third-order valence-corrected chi connectivity index (χ3v) is 9.16. The number of hydrogen-bond acceptors (Lipinski definition) is 6. The second-order valence-electron chi connectivity index (χ2n) is 10.7. The Kier molecular flexibility index (Phi) is 12.2. The minimum absolute atomic E-state index is 0.0459. The maximum absolute atomic E-state index is 12.1.